The lowest BCUT2D eigenvalue weighted by Gasteiger charge is -2.35. The summed E-state index contributed by atoms with van der Waals surface area (Å²) in [7, 11) is 0. The quantitative estimate of drug-likeness (QED) is 0.450. The van der Waals surface area contributed by atoms with Crippen molar-refractivity contribution in [1.82, 2.24) is 10.1 Å². The van der Waals surface area contributed by atoms with Gasteiger partial charge >= 0.3 is 5.76 Å². The second-order valence-corrected chi connectivity index (χ2v) is 9.02. The summed E-state index contributed by atoms with van der Waals surface area (Å²) in [6.07, 6.45) is 4.92. The maximum atomic E-state index is 11.3. The molecule has 0 amide bonds. The number of halogens is 1. The van der Waals surface area contributed by atoms with E-state index in [0.29, 0.717) is 29.2 Å². The van der Waals surface area contributed by atoms with Crippen LogP contribution in [0.25, 0.3) is 22.4 Å². The Hall–Kier alpha value is -2.83. The average Bonchev–Trinajstić information content (AvgIpc) is 3.36. The zero-order valence-electron chi connectivity index (χ0n) is 16.9. The highest BCUT2D eigenvalue weighted by molar-refractivity contribution is 6.30. The molecule has 2 aromatic carbocycles. The van der Waals surface area contributed by atoms with Crippen LogP contribution in [0.3, 0.4) is 0 Å². The third-order valence-electron chi connectivity index (χ3n) is 6.25. The summed E-state index contributed by atoms with van der Waals surface area (Å²) in [4.78, 5) is 14.0. The minimum Gasteiger partial charge on any atom is -0.408 e. The molecule has 7 heteroatoms. The summed E-state index contributed by atoms with van der Waals surface area (Å²) in [6.45, 7) is 0. The summed E-state index contributed by atoms with van der Waals surface area (Å²) < 4.78 is 10.6. The third kappa shape index (κ3) is 4.45. The van der Waals surface area contributed by atoms with Crippen molar-refractivity contribution in [3.05, 3.63) is 75.4 Å². The van der Waals surface area contributed by atoms with Crippen LogP contribution in [0.1, 0.15) is 36.9 Å². The number of H-pyrrole nitrogens is 1. The number of hydrogen-bond donors (Lipinski definition) is 2. The lowest BCUT2D eigenvalue weighted by atomic mass is 9.75. The molecule has 0 spiro atoms. The van der Waals surface area contributed by atoms with Crippen LogP contribution in [0.2, 0.25) is 5.02 Å². The van der Waals surface area contributed by atoms with Crippen molar-refractivity contribution in [1.29, 1.82) is 0 Å². The van der Waals surface area contributed by atoms with Crippen LogP contribution >= 0.6 is 11.6 Å². The number of nitrogens with one attached hydrogen (secondary N) is 1. The molecule has 0 aliphatic heterocycles. The fourth-order valence-corrected chi connectivity index (χ4v) is 4.64. The minimum atomic E-state index is -0.762. The Morgan fingerprint density at radius 3 is 2.68 bits per heavy atom. The summed E-state index contributed by atoms with van der Waals surface area (Å²) >= 11 is 5.97. The van der Waals surface area contributed by atoms with Gasteiger partial charge in [-0.1, -0.05) is 28.9 Å². The predicted molar refractivity (Wildman–Crippen MR) is 118 cm³/mol. The molecule has 160 valence electrons. The molecular weight excluding hydrogens is 416 g/mol. The van der Waals surface area contributed by atoms with Crippen molar-refractivity contribution in [2.24, 2.45) is 5.92 Å². The Labute approximate surface area is 183 Å². The predicted octanol–water partition coefficient (Wildman–Crippen LogP) is 5.14. The van der Waals surface area contributed by atoms with Gasteiger partial charge in [0, 0.05) is 23.1 Å². The number of aliphatic hydroxyl groups is 1. The molecule has 1 aliphatic rings. The van der Waals surface area contributed by atoms with E-state index in [-0.39, 0.29) is 0 Å². The molecule has 1 aliphatic carbocycles. The van der Waals surface area contributed by atoms with E-state index in [0.717, 1.165) is 48.4 Å². The van der Waals surface area contributed by atoms with Crippen molar-refractivity contribution in [3.63, 3.8) is 0 Å². The Kier molecular flexibility index (Phi) is 5.20. The van der Waals surface area contributed by atoms with E-state index in [2.05, 4.69) is 22.3 Å². The highest BCUT2D eigenvalue weighted by Gasteiger charge is 2.34. The van der Waals surface area contributed by atoms with Gasteiger partial charge in [0.25, 0.3) is 0 Å². The second-order valence-electron chi connectivity index (χ2n) is 8.58. The molecule has 1 saturated carbocycles. The van der Waals surface area contributed by atoms with Crippen LogP contribution in [0.15, 0.2) is 62.3 Å². The fourth-order valence-electron chi connectivity index (χ4n) is 4.52. The standard InChI is InChI=1S/C24H23ClN2O4/c25-18-4-1-15(2-5-18)11-16-7-9-24(29,10-8-16)14-19-13-21(31-27-19)17-3-6-20-22(12-17)30-23(28)26-20/h1-6,12-13,16,29H,7-11,14H2,(H,26,28). The zero-order chi connectivity index (χ0) is 21.4. The van der Waals surface area contributed by atoms with E-state index >= 15 is 0 Å². The van der Waals surface area contributed by atoms with Crippen molar-refractivity contribution in [2.75, 3.05) is 0 Å². The number of oxazole rings is 1. The van der Waals surface area contributed by atoms with E-state index in [4.69, 9.17) is 20.5 Å². The Balaban J connectivity index is 1.22. The largest absolute Gasteiger partial charge is 0.417 e. The van der Waals surface area contributed by atoms with Gasteiger partial charge in [0.2, 0.25) is 0 Å². The zero-order valence-corrected chi connectivity index (χ0v) is 17.7. The molecule has 1 fully saturated rings. The van der Waals surface area contributed by atoms with E-state index in [9.17, 15) is 9.90 Å². The van der Waals surface area contributed by atoms with Crippen LogP contribution in [-0.2, 0) is 12.8 Å². The Morgan fingerprint density at radius 2 is 1.90 bits per heavy atom. The summed E-state index contributed by atoms with van der Waals surface area (Å²) in [6, 6.07) is 15.2. The van der Waals surface area contributed by atoms with Gasteiger partial charge in [0.05, 0.1) is 16.8 Å². The van der Waals surface area contributed by atoms with Gasteiger partial charge in [-0.25, -0.2) is 4.79 Å². The summed E-state index contributed by atoms with van der Waals surface area (Å²) in [5.74, 6) is 0.664. The van der Waals surface area contributed by atoms with Crippen LogP contribution in [0, 0.1) is 5.92 Å². The first kappa shape index (κ1) is 20.1. The van der Waals surface area contributed by atoms with Gasteiger partial charge in [0.15, 0.2) is 11.3 Å². The number of aromatic nitrogens is 2. The summed E-state index contributed by atoms with van der Waals surface area (Å²) in [5, 5.41) is 16.0. The molecule has 0 radical (unpaired) electrons. The summed E-state index contributed by atoms with van der Waals surface area (Å²) in [5.41, 5.74) is 3.13. The van der Waals surface area contributed by atoms with E-state index < -0.39 is 11.4 Å². The van der Waals surface area contributed by atoms with Gasteiger partial charge in [-0.15, -0.1) is 0 Å². The van der Waals surface area contributed by atoms with Crippen LogP contribution in [0.4, 0.5) is 0 Å². The molecule has 5 rings (SSSR count). The smallest absolute Gasteiger partial charge is 0.408 e. The molecule has 4 aromatic rings. The van der Waals surface area contributed by atoms with Crippen molar-refractivity contribution >= 4 is 22.7 Å². The van der Waals surface area contributed by atoms with Gasteiger partial charge in [-0.3, -0.25) is 4.98 Å². The molecule has 6 nitrogen and oxygen atoms in total. The molecule has 2 N–H and O–H groups in total. The topological polar surface area (TPSA) is 92.3 Å². The minimum absolute atomic E-state index is 0.464. The molecule has 2 aromatic heterocycles. The van der Waals surface area contributed by atoms with Crippen LogP contribution < -0.4 is 5.76 Å². The number of aromatic amines is 1. The Morgan fingerprint density at radius 1 is 1.13 bits per heavy atom. The lowest BCUT2D eigenvalue weighted by molar-refractivity contribution is -0.0100. The average molecular weight is 439 g/mol. The highest BCUT2D eigenvalue weighted by atomic mass is 35.5. The van der Waals surface area contributed by atoms with E-state index in [1.54, 1.807) is 12.1 Å². The highest BCUT2D eigenvalue weighted by Crippen LogP contribution is 2.36. The van der Waals surface area contributed by atoms with Gasteiger partial charge in [-0.05, 0) is 73.9 Å². The van der Waals surface area contributed by atoms with Gasteiger partial charge in [0.1, 0.15) is 0 Å². The molecule has 0 saturated heterocycles. The maximum Gasteiger partial charge on any atom is 0.417 e. The van der Waals surface area contributed by atoms with Crippen LogP contribution in [0.5, 0.6) is 0 Å². The Bertz CT molecular complexity index is 1250. The first-order valence-electron chi connectivity index (χ1n) is 10.5. The van der Waals surface area contributed by atoms with Crippen LogP contribution in [-0.4, -0.2) is 20.8 Å². The maximum absolute atomic E-state index is 11.3. The number of benzene rings is 2. The number of hydrogen-bond acceptors (Lipinski definition) is 5. The van der Waals surface area contributed by atoms with Gasteiger partial charge in [-0.2, -0.15) is 0 Å². The molecule has 31 heavy (non-hydrogen) atoms. The van der Waals surface area contributed by atoms with E-state index in [1.807, 2.05) is 24.3 Å². The number of rotatable bonds is 5. The van der Waals surface area contributed by atoms with Crippen molar-refractivity contribution < 1.29 is 14.0 Å². The first-order chi connectivity index (χ1) is 15.0. The molecule has 2 heterocycles. The SMILES string of the molecule is O=c1[nH]c2ccc(-c3cc(CC4(O)CCC(Cc5ccc(Cl)cc5)CC4)no3)cc2o1. The first-order valence-corrected chi connectivity index (χ1v) is 10.9. The van der Waals surface area contributed by atoms with E-state index in [1.165, 1.54) is 5.56 Å². The van der Waals surface area contributed by atoms with Gasteiger partial charge < -0.3 is 14.0 Å². The number of fused-ring (bicyclic) bond motifs is 1. The lowest BCUT2D eigenvalue weighted by Crippen LogP contribution is -2.36. The molecule has 0 bridgehead atoms. The fraction of sp³-hybridized carbons (Fsp3) is 0.333. The monoisotopic (exact) mass is 438 g/mol. The molecular formula is C24H23ClN2O4. The third-order valence-corrected chi connectivity index (χ3v) is 6.50. The number of nitrogens with zero attached hydrogens (tertiary/aromatic N) is 1. The normalized spacial score (nSPS) is 21.5. The molecule has 0 unspecified atom stereocenters. The molecule has 0 atom stereocenters. The van der Waals surface area contributed by atoms with Crippen molar-refractivity contribution in [2.45, 2.75) is 44.1 Å². The second kappa shape index (κ2) is 8.02. The van der Waals surface area contributed by atoms with Crippen molar-refractivity contribution in [3.8, 4) is 11.3 Å².